The highest BCUT2D eigenvalue weighted by Crippen LogP contribution is 2.24. The van der Waals surface area contributed by atoms with Gasteiger partial charge < -0.3 is 5.32 Å². The molecule has 4 nitrogen and oxygen atoms in total. The van der Waals surface area contributed by atoms with Crippen LogP contribution in [0.25, 0.3) is 0 Å². The van der Waals surface area contributed by atoms with Crippen molar-refractivity contribution in [2.45, 2.75) is 11.3 Å². The highest BCUT2D eigenvalue weighted by Gasteiger charge is 2.16. The van der Waals surface area contributed by atoms with Crippen LogP contribution < -0.4 is 10.0 Å². The molecule has 17 heavy (non-hydrogen) atoms. The summed E-state index contributed by atoms with van der Waals surface area (Å²) in [6.07, 6.45) is 0.726. The molecule has 0 unspecified atom stereocenters. The molecule has 0 aliphatic rings. The van der Waals surface area contributed by atoms with Crippen molar-refractivity contribution in [1.29, 1.82) is 0 Å². The Labute approximate surface area is 115 Å². The Balaban J connectivity index is 2.76. The van der Waals surface area contributed by atoms with Gasteiger partial charge >= 0.3 is 0 Å². The zero-order chi connectivity index (χ0) is 12.9. The van der Waals surface area contributed by atoms with E-state index in [2.05, 4.69) is 26.0 Å². The number of halogens is 2. The lowest BCUT2D eigenvalue weighted by molar-refractivity contribution is 0.577. The minimum absolute atomic E-state index is 0.104. The molecule has 1 aromatic rings. The molecule has 7 heteroatoms. The van der Waals surface area contributed by atoms with Gasteiger partial charge in [0.05, 0.1) is 5.02 Å². The van der Waals surface area contributed by atoms with E-state index in [0.29, 0.717) is 6.54 Å². The van der Waals surface area contributed by atoms with E-state index in [1.807, 2.05) is 7.05 Å². The zero-order valence-electron chi connectivity index (χ0n) is 9.33. The van der Waals surface area contributed by atoms with Crippen molar-refractivity contribution in [3.05, 3.63) is 27.7 Å². The summed E-state index contributed by atoms with van der Waals surface area (Å²) >= 11 is 9.12. The second kappa shape index (κ2) is 6.70. The first-order valence-electron chi connectivity index (χ1n) is 5.06. The van der Waals surface area contributed by atoms with Gasteiger partial charge in [-0.05, 0) is 38.2 Å². The van der Waals surface area contributed by atoms with Crippen molar-refractivity contribution in [3.8, 4) is 0 Å². The van der Waals surface area contributed by atoms with Crippen LogP contribution in [-0.2, 0) is 10.0 Å². The minimum atomic E-state index is -3.52. The summed E-state index contributed by atoms with van der Waals surface area (Å²) in [5.74, 6) is 0. The molecule has 0 fully saturated rings. The summed E-state index contributed by atoms with van der Waals surface area (Å²) in [6, 6.07) is 4.69. The molecule has 1 rings (SSSR count). The van der Waals surface area contributed by atoms with E-state index < -0.39 is 10.0 Å². The van der Waals surface area contributed by atoms with Crippen LogP contribution in [0, 0.1) is 0 Å². The number of sulfonamides is 1. The SMILES string of the molecule is CNCCCNS(=O)(=O)c1ccc(Br)cc1Cl. The third kappa shape index (κ3) is 4.56. The third-order valence-electron chi connectivity index (χ3n) is 2.08. The van der Waals surface area contributed by atoms with Crippen LogP contribution in [0.1, 0.15) is 6.42 Å². The lowest BCUT2D eigenvalue weighted by Crippen LogP contribution is -2.27. The van der Waals surface area contributed by atoms with Crippen LogP contribution in [0.4, 0.5) is 0 Å². The van der Waals surface area contributed by atoms with Crippen molar-refractivity contribution in [2.24, 2.45) is 0 Å². The predicted octanol–water partition coefficient (Wildman–Crippen LogP) is 1.99. The molecule has 0 amide bonds. The van der Waals surface area contributed by atoms with E-state index in [9.17, 15) is 8.42 Å². The molecule has 0 saturated carbocycles. The molecule has 0 bridgehead atoms. The van der Waals surface area contributed by atoms with Gasteiger partial charge in [0.1, 0.15) is 4.90 Å². The largest absolute Gasteiger partial charge is 0.320 e. The fourth-order valence-corrected chi connectivity index (χ4v) is 3.35. The van der Waals surface area contributed by atoms with Gasteiger partial charge in [-0.25, -0.2) is 13.1 Å². The lowest BCUT2D eigenvalue weighted by atomic mass is 10.4. The molecule has 0 atom stereocenters. The normalized spacial score (nSPS) is 11.7. The second-order valence-corrected chi connectivity index (χ2v) is 6.49. The quantitative estimate of drug-likeness (QED) is 0.778. The first-order chi connectivity index (χ1) is 7.97. The van der Waals surface area contributed by atoms with Crippen LogP contribution >= 0.6 is 27.5 Å². The van der Waals surface area contributed by atoms with Gasteiger partial charge in [0.2, 0.25) is 10.0 Å². The summed E-state index contributed by atoms with van der Waals surface area (Å²) in [4.78, 5) is 0.104. The first kappa shape index (κ1) is 14.9. The first-order valence-corrected chi connectivity index (χ1v) is 7.72. The number of hydrogen-bond donors (Lipinski definition) is 2. The summed E-state index contributed by atoms with van der Waals surface area (Å²) in [5, 5.41) is 3.15. The van der Waals surface area contributed by atoms with Crippen molar-refractivity contribution in [1.82, 2.24) is 10.0 Å². The summed E-state index contributed by atoms with van der Waals surface area (Å²) in [5.41, 5.74) is 0. The summed E-state index contributed by atoms with van der Waals surface area (Å²) in [7, 11) is -1.70. The Hall–Kier alpha value is -0.140. The van der Waals surface area contributed by atoms with E-state index in [0.717, 1.165) is 17.4 Å². The van der Waals surface area contributed by atoms with Gasteiger partial charge in [-0.15, -0.1) is 0 Å². The molecule has 0 aromatic heterocycles. The third-order valence-corrected chi connectivity index (χ3v) is 4.52. The van der Waals surface area contributed by atoms with E-state index in [4.69, 9.17) is 11.6 Å². The van der Waals surface area contributed by atoms with Gasteiger partial charge in [0.25, 0.3) is 0 Å². The Bertz CT molecular complexity index is 479. The van der Waals surface area contributed by atoms with Gasteiger partial charge in [0, 0.05) is 11.0 Å². The van der Waals surface area contributed by atoms with Gasteiger partial charge in [-0.2, -0.15) is 0 Å². The molecule has 0 saturated heterocycles. The van der Waals surface area contributed by atoms with Crippen LogP contribution in [0.5, 0.6) is 0 Å². The minimum Gasteiger partial charge on any atom is -0.320 e. The number of benzene rings is 1. The summed E-state index contributed by atoms with van der Waals surface area (Å²) in [6.45, 7) is 1.14. The molecule has 1 aromatic carbocycles. The molecular weight excluding hydrogens is 328 g/mol. The monoisotopic (exact) mass is 340 g/mol. The summed E-state index contributed by atoms with van der Waals surface area (Å²) < 4.78 is 27.0. The number of nitrogens with one attached hydrogen (secondary N) is 2. The van der Waals surface area contributed by atoms with Crippen molar-refractivity contribution in [2.75, 3.05) is 20.1 Å². The molecular formula is C10H14BrClN2O2S. The van der Waals surface area contributed by atoms with Crippen LogP contribution in [-0.4, -0.2) is 28.6 Å². The highest BCUT2D eigenvalue weighted by molar-refractivity contribution is 9.10. The fourth-order valence-electron chi connectivity index (χ4n) is 1.24. The zero-order valence-corrected chi connectivity index (χ0v) is 12.5. The van der Waals surface area contributed by atoms with Crippen LogP contribution in [0.15, 0.2) is 27.6 Å². The Kier molecular flexibility index (Phi) is 5.88. The highest BCUT2D eigenvalue weighted by atomic mass is 79.9. The molecule has 2 N–H and O–H groups in total. The second-order valence-electron chi connectivity index (χ2n) is 3.43. The Morgan fingerprint density at radius 1 is 1.35 bits per heavy atom. The van der Waals surface area contributed by atoms with Gasteiger partial charge in [-0.3, -0.25) is 0 Å². The van der Waals surface area contributed by atoms with Crippen molar-refractivity contribution >= 4 is 37.6 Å². The Morgan fingerprint density at radius 3 is 2.65 bits per heavy atom. The van der Waals surface area contributed by atoms with E-state index in [1.54, 1.807) is 12.1 Å². The van der Waals surface area contributed by atoms with E-state index >= 15 is 0 Å². The number of rotatable bonds is 6. The van der Waals surface area contributed by atoms with Crippen LogP contribution in [0.2, 0.25) is 5.02 Å². The Morgan fingerprint density at radius 2 is 2.06 bits per heavy atom. The maximum atomic E-state index is 11.9. The fraction of sp³-hybridized carbons (Fsp3) is 0.400. The lowest BCUT2D eigenvalue weighted by Gasteiger charge is -2.08. The molecule has 0 aliphatic heterocycles. The maximum Gasteiger partial charge on any atom is 0.242 e. The van der Waals surface area contributed by atoms with E-state index in [1.165, 1.54) is 6.07 Å². The number of hydrogen-bond acceptors (Lipinski definition) is 3. The molecule has 0 radical (unpaired) electrons. The van der Waals surface area contributed by atoms with Crippen molar-refractivity contribution in [3.63, 3.8) is 0 Å². The van der Waals surface area contributed by atoms with Crippen molar-refractivity contribution < 1.29 is 8.42 Å². The molecule has 0 aliphatic carbocycles. The smallest absolute Gasteiger partial charge is 0.242 e. The molecule has 0 heterocycles. The van der Waals surface area contributed by atoms with Gasteiger partial charge in [-0.1, -0.05) is 27.5 Å². The molecule has 0 spiro atoms. The van der Waals surface area contributed by atoms with Gasteiger partial charge in [0.15, 0.2) is 0 Å². The standard InChI is InChI=1S/C10H14BrClN2O2S/c1-13-5-2-6-14-17(15,16)10-4-3-8(11)7-9(10)12/h3-4,7,13-14H,2,5-6H2,1H3. The predicted molar refractivity (Wildman–Crippen MR) is 72.9 cm³/mol. The average molecular weight is 342 g/mol. The van der Waals surface area contributed by atoms with Crippen LogP contribution in [0.3, 0.4) is 0 Å². The van der Waals surface area contributed by atoms with E-state index in [-0.39, 0.29) is 9.92 Å². The molecule has 96 valence electrons. The maximum absolute atomic E-state index is 11.9. The average Bonchev–Trinajstić information content (AvgIpc) is 2.24. The topological polar surface area (TPSA) is 58.2 Å².